The Labute approximate surface area is 182 Å². The minimum absolute atomic E-state index is 0.0195. The van der Waals surface area contributed by atoms with Crippen LogP contribution in [0.1, 0.15) is 64.5 Å². The van der Waals surface area contributed by atoms with Gasteiger partial charge < -0.3 is 19.5 Å². The number of methoxy groups -OCH3 is 1. The summed E-state index contributed by atoms with van der Waals surface area (Å²) in [5, 5.41) is 3.38. The van der Waals surface area contributed by atoms with Crippen LogP contribution in [0.15, 0.2) is 18.2 Å². The Morgan fingerprint density at radius 2 is 2.10 bits per heavy atom. The van der Waals surface area contributed by atoms with Crippen LogP contribution in [0.2, 0.25) is 0 Å². The number of carbonyl (C=O) groups excluding carboxylic acids is 1. The molecular weight excluding hydrogens is 404 g/mol. The second-order valence-corrected chi connectivity index (χ2v) is 9.88. The zero-order valence-corrected chi connectivity index (χ0v) is 18.8. The van der Waals surface area contributed by atoms with Gasteiger partial charge in [0, 0.05) is 19.1 Å². The molecule has 2 saturated carbocycles. The molecule has 4 rings (SSSR count). The Balaban J connectivity index is 1.66. The molecular formula is C24H33F2NO4. The van der Waals surface area contributed by atoms with Gasteiger partial charge in [-0.05, 0) is 66.0 Å². The number of carbonyl (C=O) groups is 1. The normalized spacial score (nSPS) is 33.3. The Morgan fingerprint density at radius 1 is 1.32 bits per heavy atom. The van der Waals surface area contributed by atoms with Gasteiger partial charge in [-0.15, -0.1) is 0 Å². The smallest absolute Gasteiger partial charge is 0.387 e. The molecule has 1 amide bonds. The van der Waals surface area contributed by atoms with Crippen molar-refractivity contribution in [3.63, 3.8) is 0 Å². The average Bonchev–Trinajstić information content (AvgIpc) is 3.20. The Morgan fingerprint density at radius 3 is 2.77 bits per heavy atom. The SMILES string of the molecule is CCCC(=O)N[C@H]1C(C)(C)[C@@H]2C[C@@H]3[C@@H](c4ccc(OC)c(OC(F)F)c4)OCC[C@@]31C2. The molecule has 7 heteroatoms. The predicted octanol–water partition coefficient (Wildman–Crippen LogP) is 5.10. The lowest BCUT2D eigenvalue weighted by atomic mass is 9.59. The molecule has 5 atom stereocenters. The summed E-state index contributed by atoms with van der Waals surface area (Å²) in [4.78, 5) is 12.6. The zero-order valence-electron chi connectivity index (χ0n) is 18.8. The lowest BCUT2D eigenvalue weighted by molar-refractivity contribution is -0.137. The highest BCUT2D eigenvalue weighted by Crippen LogP contribution is 2.70. The molecule has 1 N–H and O–H groups in total. The summed E-state index contributed by atoms with van der Waals surface area (Å²) < 4.78 is 42.0. The number of ether oxygens (including phenoxy) is 3. The molecule has 3 fully saturated rings. The standard InChI is InChI=1S/C24H33F2NO4/c1-5-6-19(28)27-21-23(2,3)15-12-16-20(30-10-9-24(16,21)13-15)14-7-8-17(29-4)18(11-14)31-22(25)26/h7-8,11,15-16,20-22H,5-6,9-10,12-13H2,1-4H3,(H,27,28)/t15-,16-,20-,21+,24-/m1/s1. The Hall–Kier alpha value is -1.89. The van der Waals surface area contributed by atoms with Crippen molar-refractivity contribution in [2.24, 2.45) is 22.7 Å². The van der Waals surface area contributed by atoms with Crippen LogP contribution in [-0.4, -0.2) is 32.3 Å². The number of nitrogens with one attached hydrogen (secondary N) is 1. The van der Waals surface area contributed by atoms with Crippen molar-refractivity contribution in [1.82, 2.24) is 5.32 Å². The van der Waals surface area contributed by atoms with Crippen LogP contribution in [0.5, 0.6) is 11.5 Å². The van der Waals surface area contributed by atoms with Gasteiger partial charge in [0.25, 0.3) is 0 Å². The monoisotopic (exact) mass is 437 g/mol. The number of fused-ring (bicyclic) bond motifs is 1. The Bertz CT molecular complexity index is 830. The molecule has 0 unspecified atom stereocenters. The summed E-state index contributed by atoms with van der Waals surface area (Å²) in [6.45, 7) is 4.21. The summed E-state index contributed by atoms with van der Waals surface area (Å²) in [6, 6.07) is 5.25. The zero-order chi connectivity index (χ0) is 22.4. The van der Waals surface area contributed by atoms with Gasteiger partial charge in [-0.25, -0.2) is 0 Å². The molecule has 0 radical (unpaired) electrons. The molecule has 3 aliphatic rings. The summed E-state index contributed by atoms with van der Waals surface area (Å²) in [5.41, 5.74) is 0.806. The highest BCUT2D eigenvalue weighted by molar-refractivity contribution is 5.76. The molecule has 31 heavy (non-hydrogen) atoms. The summed E-state index contributed by atoms with van der Waals surface area (Å²) >= 11 is 0. The van der Waals surface area contributed by atoms with Gasteiger partial charge >= 0.3 is 6.61 Å². The van der Waals surface area contributed by atoms with Crippen LogP contribution < -0.4 is 14.8 Å². The van der Waals surface area contributed by atoms with Crippen molar-refractivity contribution < 1.29 is 27.8 Å². The maximum Gasteiger partial charge on any atom is 0.387 e. The molecule has 1 spiro atoms. The van der Waals surface area contributed by atoms with Crippen LogP contribution in [0, 0.1) is 22.7 Å². The maximum absolute atomic E-state index is 12.9. The van der Waals surface area contributed by atoms with E-state index in [1.807, 2.05) is 13.0 Å². The molecule has 1 aromatic carbocycles. The number of benzene rings is 1. The van der Waals surface area contributed by atoms with E-state index in [1.54, 1.807) is 12.1 Å². The summed E-state index contributed by atoms with van der Waals surface area (Å²) in [6.07, 6.45) is 4.12. The average molecular weight is 438 g/mol. The van der Waals surface area contributed by atoms with Crippen LogP contribution in [0.4, 0.5) is 8.78 Å². The van der Waals surface area contributed by atoms with E-state index in [-0.39, 0.29) is 46.3 Å². The van der Waals surface area contributed by atoms with Crippen molar-refractivity contribution in [1.29, 1.82) is 0 Å². The number of hydrogen-bond acceptors (Lipinski definition) is 4. The molecule has 1 aromatic rings. The molecule has 0 aromatic heterocycles. The van der Waals surface area contributed by atoms with Crippen LogP contribution in [-0.2, 0) is 9.53 Å². The first-order valence-electron chi connectivity index (χ1n) is 11.3. The summed E-state index contributed by atoms with van der Waals surface area (Å²) in [7, 11) is 1.43. The first-order valence-corrected chi connectivity index (χ1v) is 11.3. The molecule has 5 nitrogen and oxygen atoms in total. The maximum atomic E-state index is 12.9. The molecule has 2 aliphatic carbocycles. The third kappa shape index (κ3) is 3.69. The second kappa shape index (κ2) is 8.23. The van der Waals surface area contributed by atoms with Crippen molar-refractivity contribution in [2.45, 2.75) is 71.6 Å². The van der Waals surface area contributed by atoms with Gasteiger partial charge in [-0.1, -0.05) is 26.8 Å². The molecule has 1 aliphatic heterocycles. The van der Waals surface area contributed by atoms with E-state index >= 15 is 0 Å². The third-order valence-electron chi connectivity index (χ3n) is 8.02. The summed E-state index contributed by atoms with van der Waals surface area (Å²) in [5.74, 6) is 1.12. The molecule has 1 saturated heterocycles. The molecule has 172 valence electrons. The van der Waals surface area contributed by atoms with Crippen LogP contribution in [0.25, 0.3) is 0 Å². The lowest BCUT2D eigenvalue weighted by Gasteiger charge is -2.53. The fourth-order valence-electron chi connectivity index (χ4n) is 6.64. The Kier molecular flexibility index (Phi) is 5.92. The fourth-order valence-corrected chi connectivity index (χ4v) is 6.64. The number of alkyl halides is 2. The van der Waals surface area contributed by atoms with Crippen molar-refractivity contribution in [3.05, 3.63) is 23.8 Å². The molecule has 1 heterocycles. The quantitative estimate of drug-likeness (QED) is 0.645. The van der Waals surface area contributed by atoms with E-state index in [0.717, 1.165) is 31.2 Å². The van der Waals surface area contributed by atoms with E-state index in [4.69, 9.17) is 14.2 Å². The minimum atomic E-state index is -2.93. The van der Waals surface area contributed by atoms with Gasteiger partial charge in [0.05, 0.1) is 13.2 Å². The van der Waals surface area contributed by atoms with E-state index in [0.29, 0.717) is 18.9 Å². The van der Waals surface area contributed by atoms with E-state index in [2.05, 4.69) is 19.2 Å². The predicted molar refractivity (Wildman–Crippen MR) is 112 cm³/mol. The number of amides is 1. The van der Waals surface area contributed by atoms with Gasteiger partial charge in [-0.3, -0.25) is 4.79 Å². The van der Waals surface area contributed by atoms with Crippen LogP contribution >= 0.6 is 0 Å². The van der Waals surface area contributed by atoms with Crippen molar-refractivity contribution >= 4 is 5.91 Å². The van der Waals surface area contributed by atoms with Crippen molar-refractivity contribution in [3.8, 4) is 11.5 Å². The van der Waals surface area contributed by atoms with Crippen LogP contribution in [0.3, 0.4) is 0 Å². The highest BCUT2D eigenvalue weighted by Gasteiger charge is 2.68. The number of hydrogen-bond donors (Lipinski definition) is 1. The lowest BCUT2D eigenvalue weighted by Crippen LogP contribution is -2.58. The highest BCUT2D eigenvalue weighted by atomic mass is 19.3. The third-order valence-corrected chi connectivity index (χ3v) is 8.02. The number of halogens is 2. The second-order valence-electron chi connectivity index (χ2n) is 9.88. The van der Waals surface area contributed by atoms with Gasteiger partial charge in [0.2, 0.25) is 5.91 Å². The van der Waals surface area contributed by atoms with Gasteiger partial charge in [0.1, 0.15) is 0 Å². The fraction of sp³-hybridized carbons (Fsp3) is 0.708. The first-order chi connectivity index (χ1) is 14.7. The van der Waals surface area contributed by atoms with E-state index in [1.165, 1.54) is 7.11 Å². The molecule has 2 bridgehead atoms. The number of rotatable bonds is 7. The van der Waals surface area contributed by atoms with Gasteiger partial charge in [-0.2, -0.15) is 8.78 Å². The largest absolute Gasteiger partial charge is 0.493 e. The first kappa shape index (κ1) is 22.3. The van der Waals surface area contributed by atoms with Gasteiger partial charge in [0.15, 0.2) is 11.5 Å². The topological polar surface area (TPSA) is 56.8 Å². The van der Waals surface area contributed by atoms with E-state index in [9.17, 15) is 13.6 Å². The van der Waals surface area contributed by atoms with Crippen molar-refractivity contribution in [2.75, 3.05) is 13.7 Å². The van der Waals surface area contributed by atoms with E-state index < -0.39 is 6.61 Å². The minimum Gasteiger partial charge on any atom is -0.493 e.